The lowest BCUT2D eigenvalue weighted by molar-refractivity contribution is 0.109. The van der Waals surface area contributed by atoms with Gasteiger partial charge in [-0.2, -0.15) is 5.10 Å². The van der Waals surface area contributed by atoms with Crippen molar-refractivity contribution in [2.24, 2.45) is 18.0 Å². The molecule has 0 spiro atoms. The van der Waals surface area contributed by atoms with Crippen molar-refractivity contribution in [3.63, 3.8) is 0 Å². The van der Waals surface area contributed by atoms with E-state index < -0.39 is 0 Å². The van der Waals surface area contributed by atoms with Crippen LogP contribution < -0.4 is 15.4 Å². The summed E-state index contributed by atoms with van der Waals surface area (Å²) in [5.74, 6) is 2.18. The molecule has 0 aliphatic rings. The first-order chi connectivity index (χ1) is 14.4. The molecule has 7 heteroatoms. The van der Waals surface area contributed by atoms with Crippen molar-refractivity contribution < 1.29 is 9.47 Å². The second-order valence-electron chi connectivity index (χ2n) is 8.07. The third-order valence-electron chi connectivity index (χ3n) is 4.12. The molecule has 166 valence electrons. The summed E-state index contributed by atoms with van der Waals surface area (Å²) in [7, 11) is 1.93. The van der Waals surface area contributed by atoms with Crippen LogP contribution in [0.25, 0.3) is 0 Å². The standard InChI is InChI=1S/C23H37N5O2/c1-18(2)17-29-14-6-12-24-23(25-13-11-20-15-26-28(5)16-20)27-21-7-9-22(10-8-21)30-19(3)4/h7-10,15-16,18-19H,6,11-14,17H2,1-5H3,(H2,24,25,27). The van der Waals surface area contributed by atoms with Gasteiger partial charge in [-0.3, -0.25) is 9.67 Å². The van der Waals surface area contributed by atoms with Crippen molar-refractivity contribution in [3.05, 3.63) is 42.2 Å². The van der Waals surface area contributed by atoms with Crippen molar-refractivity contribution >= 4 is 11.6 Å². The summed E-state index contributed by atoms with van der Waals surface area (Å²) in [5, 5.41) is 11.0. The first-order valence-electron chi connectivity index (χ1n) is 10.8. The van der Waals surface area contributed by atoms with Crippen LogP contribution in [0.4, 0.5) is 5.69 Å². The average Bonchev–Trinajstić information content (AvgIpc) is 3.10. The van der Waals surface area contributed by atoms with Gasteiger partial charge >= 0.3 is 0 Å². The van der Waals surface area contributed by atoms with E-state index in [2.05, 4.69) is 29.6 Å². The number of aryl methyl sites for hydroxylation is 1. The molecule has 0 amide bonds. The monoisotopic (exact) mass is 415 g/mol. The Kier molecular flexibility index (Phi) is 10.2. The number of hydrogen-bond donors (Lipinski definition) is 2. The summed E-state index contributed by atoms with van der Waals surface area (Å²) in [6, 6.07) is 7.94. The fourth-order valence-electron chi connectivity index (χ4n) is 2.77. The van der Waals surface area contributed by atoms with Gasteiger partial charge in [0.25, 0.3) is 0 Å². The SMILES string of the molecule is CC(C)COCCCN=C(NCCc1cnn(C)c1)Nc1ccc(OC(C)C)cc1. The summed E-state index contributed by atoms with van der Waals surface area (Å²) in [5.41, 5.74) is 2.16. The molecule has 1 aromatic heterocycles. The maximum Gasteiger partial charge on any atom is 0.195 e. The molecule has 0 saturated heterocycles. The van der Waals surface area contributed by atoms with Crippen LogP contribution in [0.3, 0.4) is 0 Å². The zero-order valence-corrected chi connectivity index (χ0v) is 19.0. The van der Waals surface area contributed by atoms with Gasteiger partial charge in [0.15, 0.2) is 5.96 Å². The molecule has 0 bridgehead atoms. The first-order valence-corrected chi connectivity index (χ1v) is 10.8. The Morgan fingerprint density at radius 3 is 2.57 bits per heavy atom. The Balaban J connectivity index is 1.88. The maximum atomic E-state index is 5.71. The molecular formula is C23H37N5O2. The number of benzene rings is 1. The second kappa shape index (κ2) is 12.9. The minimum atomic E-state index is 0.160. The lowest BCUT2D eigenvalue weighted by Crippen LogP contribution is -2.32. The van der Waals surface area contributed by atoms with E-state index in [9.17, 15) is 0 Å². The van der Waals surface area contributed by atoms with Gasteiger partial charge in [0.2, 0.25) is 0 Å². The molecule has 7 nitrogen and oxygen atoms in total. The minimum absolute atomic E-state index is 0.160. The van der Waals surface area contributed by atoms with E-state index in [4.69, 9.17) is 14.5 Å². The van der Waals surface area contributed by atoms with Crippen LogP contribution in [-0.2, 0) is 18.2 Å². The van der Waals surface area contributed by atoms with Crippen LogP contribution in [-0.4, -0.2) is 48.1 Å². The number of anilines is 1. The van der Waals surface area contributed by atoms with Gasteiger partial charge in [-0.1, -0.05) is 13.8 Å². The highest BCUT2D eigenvalue weighted by atomic mass is 16.5. The molecule has 0 atom stereocenters. The fraction of sp³-hybridized carbons (Fsp3) is 0.565. The van der Waals surface area contributed by atoms with Gasteiger partial charge in [-0.15, -0.1) is 0 Å². The van der Waals surface area contributed by atoms with Crippen LogP contribution >= 0.6 is 0 Å². The molecule has 0 aliphatic heterocycles. The van der Waals surface area contributed by atoms with E-state index in [1.54, 1.807) is 0 Å². The van der Waals surface area contributed by atoms with Gasteiger partial charge < -0.3 is 20.1 Å². The molecule has 0 aliphatic carbocycles. The quantitative estimate of drug-likeness (QED) is 0.313. The van der Waals surface area contributed by atoms with Crippen molar-refractivity contribution in [2.75, 3.05) is 31.6 Å². The van der Waals surface area contributed by atoms with Crippen LogP contribution in [0.5, 0.6) is 5.75 Å². The summed E-state index contributed by atoms with van der Waals surface area (Å²) in [4.78, 5) is 4.71. The lowest BCUT2D eigenvalue weighted by atomic mass is 10.2. The third-order valence-corrected chi connectivity index (χ3v) is 4.12. The Bertz CT molecular complexity index is 753. The minimum Gasteiger partial charge on any atom is -0.491 e. The molecule has 0 fully saturated rings. The smallest absolute Gasteiger partial charge is 0.195 e. The average molecular weight is 416 g/mol. The lowest BCUT2D eigenvalue weighted by Gasteiger charge is -2.14. The fourth-order valence-corrected chi connectivity index (χ4v) is 2.77. The Labute approximate surface area is 180 Å². The van der Waals surface area contributed by atoms with Gasteiger partial charge in [0.1, 0.15) is 5.75 Å². The highest BCUT2D eigenvalue weighted by molar-refractivity contribution is 5.93. The van der Waals surface area contributed by atoms with Gasteiger partial charge in [-0.05, 0) is 62.4 Å². The van der Waals surface area contributed by atoms with Crippen LogP contribution in [0.15, 0.2) is 41.7 Å². The van der Waals surface area contributed by atoms with E-state index in [1.165, 1.54) is 5.56 Å². The third kappa shape index (κ3) is 9.78. The summed E-state index contributed by atoms with van der Waals surface area (Å²) < 4.78 is 13.2. The van der Waals surface area contributed by atoms with Crippen LogP contribution in [0, 0.1) is 5.92 Å². The number of hydrogen-bond acceptors (Lipinski definition) is 4. The number of aliphatic imine (C=N–C) groups is 1. The Morgan fingerprint density at radius 2 is 1.93 bits per heavy atom. The highest BCUT2D eigenvalue weighted by Gasteiger charge is 2.03. The summed E-state index contributed by atoms with van der Waals surface area (Å²) >= 11 is 0. The molecule has 2 aromatic rings. The molecule has 1 heterocycles. The van der Waals surface area contributed by atoms with Crippen LogP contribution in [0.1, 0.15) is 39.7 Å². The first kappa shape index (κ1) is 23.7. The van der Waals surface area contributed by atoms with Crippen molar-refractivity contribution in [2.45, 2.75) is 46.6 Å². The number of nitrogens with zero attached hydrogens (tertiary/aromatic N) is 3. The van der Waals surface area contributed by atoms with Gasteiger partial charge in [-0.25, -0.2) is 0 Å². The maximum absolute atomic E-state index is 5.71. The Hall–Kier alpha value is -2.54. The number of ether oxygens (including phenoxy) is 2. The zero-order valence-electron chi connectivity index (χ0n) is 19.0. The highest BCUT2D eigenvalue weighted by Crippen LogP contribution is 2.16. The molecule has 2 N–H and O–H groups in total. The van der Waals surface area contributed by atoms with E-state index in [1.807, 2.05) is 62.2 Å². The second-order valence-corrected chi connectivity index (χ2v) is 8.07. The largest absolute Gasteiger partial charge is 0.491 e. The molecule has 0 unspecified atom stereocenters. The van der Waals surface area contributed by atoms with Gasteiger partial charge in [0, 0.05) is 45.2 Å². The zero-order chi connectivity index (χ0) is 21.8. The molecule has 1 aromatic carbocycles. The molecular weight excluding hydrogens is 378 g/mol. The molecule has 30 heavy (non-hydrogen) atoms. The molecule has 0 saturated carbocycles. The van der Waals surface area contributed by atoms with E-state index >= 15 is 0 Å². The molecule has 2 rings (SSSR count). The number of guanidine groups is 1. The van der Waals surface area contributed by atoms with E-state index in [0.29, 0.717) is 12.5 Å². The van der Waals surface area contributed by atoms with Gasteiger partial charge in [0.05, 0.1) is 12.3 Å². The summed E-state index contributed by atoms with van der Waals surface area (Å²) in [6.45, 7) is 11.4. The van der Waals surface area contributed by atoms with Crippen molar-refractivity contribution in [1.29, 1.82) is 0 Å². The molecule has 0 radical (unpaired) electrons. The number of aromatic nitrogens is 2. The summed E-state index contributed by atoms with van der Waals surface area (Å²) in [6.07, 6.45) is 5.86. The van der Waals surface area contributed by atoms with Crippen LogP contribution in [0.2, 0.25) is 0 Å². The van der Waals surface area contributed by atoms with E-state index in [-0.39, 0.29) is 6.10 Å². The topological polar surface area (TPSA) is 72.7 Å². The van der Waals surface area contributed by atoms with Crippen molar-refractivity contribution in [1.82, 2.24) is 15.1 Å². The predicted molar refractivity (Wildman–Crippen MR) is 123 cm³/mol. The number of nitrogens with one attached hydrogen (secondary N) is 2. The predicted octanol–water partition coefficient (Wildman–Crippen LogP) is 3.87. The number of rotatable bonds is 12. The normalized spacial score (nSPS) is 11.9. The van der Waals surface area contributed by atoms with Crippen molar-refractivity contribution in [3.8, 4) is 5.75 Å². The Morgan fingerprint density at radius 1 is 1.17 bits per heavy atom. The van der Waals surface area contributed by atoms with E-state index in [0.717, 1.165) is 50.0 Å².